The second kappa shape index (κ2) is 6.49. The molecule has 0 fully saturated rings. The molecule has 2 rings (SSSR count). The molecule has 3 N–H and O–H groups in total. The van der Waals surface area contributed by atoms with Crippen molar-refractivity contribution in [3.8, 4) is 11.5 Å². The van der Waals surface area contributed by atoms with Gasteiger partial charge >= 0.3 is 0 Å². The predicted octanol–water partition coefficient (Wildman–Crippen LogP) is 2.16. The topological polar surface area (TPSA) is 69.4 Å². The molecule has 2 aromatic rings. The Hall–Kier alpha value is -2.43. The Morgan fingerprint density at radius 1 is 1.11 bits per heavy atom. The summed E-state index contributed by atoms with van der Waals surface area (Å²) in [5.74, 6) is 2.41. The lowest BCUT2D eigenvalue weighted by atomic mass is 10.3. The molecule has 1 aromatic carbocycles. The number of nitrogens with zero attached hydrogens (tertiary/aromatic N) is 1. The van der Waals surface area contributed by atoms with Crippen molar-refractivity contribution < 1.29 is 9.47 Å². The third-order valence-electron chi connectivity index (χ3n) is 2.52. The molecule has 0 unspecified atom stereocenters. The maximum Gasteiger partial charge on any atom is 0.126 e. The third-order valence-corrected chi connectivity index (χ3v) is 2.52. The fraction of sp³-hybridized carbons (Fsp3) is 0.214. The van der Waals surface area contributed by atoms with Crippen molar-refractivity contribution in [2.75, 3.05) is 31.3 Å². The Balaban J connectivity index is 1.72. The SMILES string of the molecule is COc1ccc(OCCNc2ccc(N)cn2)cc1. The van der Waals surface area contributed by atoms with Crippen LogP contribution in [0, 0.1) is 0 Å². The highest BCUT2D eigenvalue weighted by atomic mass is 16.5. The van der Waals surface area contributed by atoms with Gasteiger partial charge in [0.2, 0.25) is 0 Å². The molecular formula is C14H17N3O2. The van der Waals surface area contributed by atoms with Gasteiger partial charge in [-0.3, -0.25) is 0 Å². The molecule has 0 saturated carbocycles. The normalized spacial score (nSPS) is 9.95. The predicted molar refractivity (Wildman–Crippen MR) is 75.6 cm³/mol. The molecule has 0 atom stereocenters. The van der Waals surface area contributed by atoms with Crippen LogP contribution in [0.1, 0.15) is 0 Å². The van der Waals surface area contributed by atoms with Gasteiger partial charge in [0, 0.05) is 0 Å². The summed E-state index contributed by atoms with van der Waals surface area (Å²) in [5.41, 5.74) is 6.21. The van der Waals surface area contributed by atoms with Gasteiger partial charge in [-0.05, 0) is 36.4 Å². The number of hydrogen-bond acceptors (Lipinski definition) is 5. The first-order valence-electron chi connectivity index (χ1n) is 6.00. The minimum atomic E-state index is 0.554. The minimum absolute atomic E-state index is 0.554. The maximum atomic E-state index is 5.58. The summed E-state index contributed by atoms with van der Waals surface area (Å²) in [4.78, 5) is 4.14. The van der Waals surface area contributed by atoms with E-state index in [2.05, 4.69) is 10.3 Å². The zero-order valence-electron chi connectivity index (χ0n) is 10.8. The smallest absolute Gasteiger partial charge is 0.126 e. The molecule has 5 heteroatoms. The molecule has 1 aromatic heterocycles. The van der Waals surface area contributed by atoms with Crippen LogP contribution in [0.25, 0.3) is 0 Å². The number of nitrogens with two attached hydrogens (primary N) is 1. The standard InChI is InChI=1S/C14H17N3O2/c1-18-12-3-5-13(6-4-12)19-9-8-16-14-7-2-11(15)10-17-14/h2-7,10H,8-9,15H2,1H3,(H,16,17). The van der Waals surface area contributed by atoms with Gasteiger partial charge in [0.25, 0.3) is 0 Å². The van der Waals surface area contributed by atoms with E-state index in [0.717, 1.165) is 17.3 Å². The van der Waals surface area contributed by atoms with E-state index in [0.29, 0.717) is 18.8 Å². The van der Waals surface area contributed by atoms with Crippen molar-refractivity contribution in [2.45, 2.75) is 0 Å². The maximum absolute atomic E-state index is 5.58. The lowest BCUT2D eigenvalue weighted by molar-refractivity contribution is 0.331. The van der Waals surface area contributed by atoms with Gasteiger partial charge in [-0.15, -0.1) is 0 Å². The van der Waals surface area contributed by atoms with Gasteiger partial charge < -0.3 is 20.5 Å². The van der Waals surface area contributed by atoms with E-state index >= 15 is 0 Å². The zero-order chi connectivity index (χ0) is 13.5. The van der Waals surface area contributed by atoms with E-state index in [1.807, 2.05) is 30.3 Å². The van der Waals surface area contributed by atoms with E-state index in [9.17, 15) is 0 Å². The largest absolute Gasteiger partial charge is 0.497 e. The number of nitrogens with one attached hydrogen (secondary N) is 1. The van der Waals surface area contributed by atoms with Crippen molar-refractivity contribution in [3.05, 3.63) is 42.6 Å². The fourth-order valence-electron chi connectivity index (χ4n) is 1.53. The van der Waals surface area contributed by atoms with Crippen LogP contribution in [-0.4, -0.2) is 25.2 Å². The molecule has 5 nitrogen and oxygen atoms in total. The van der Waals surface area contributed by atoms with Crippen molar-refractivity contribution >= 4 is 11.5 Å². The van der Waals surface area contributed by atoms with E-state index in [1.54, 1.807) is 19.4 Å². The van der Waals surface area contributed by atoms with Gasteiger partial charge in [0.15, 0.2) is 0 Å². The highest BCUT2D eigenvalue weighted by molar-refractivity contribution is 5.43. The first kappa shape index (κ1) is 13.0. The second-order valence-corrected chi connectivity index (χ2v) is 3.93. The first-order valence-corrected chi connectivity index (χ1v) is 6.00. The molecule has 19 heavy (non-hydrogen) atoms. The highest BCUT2D eigenvalue weighted by Gasteiger charge is 1.96. The molecule has 0 aliphatic carbocycles. The summed E-state index contributed by atoms with van der Waals surface area (Å²) in [6.45, 7) is 1.22. The Kier molecular flexibility index (Phi) is 4.44. The molecule has 0 aliphatic rings. The molecule has 1 heterocycles. The number of benzene rings is 1. The van der Waals surface area contributed by atoms with Crippen LogP contribution >= 0.6 is 0 Å². The monoisotopic (exact) mass is 259 g/mol. The minimum Gasteiger partial charge on any atom is -0.497 e. The number of hydrogen-bond donors (Lipinski definition) is 2. The summed E-state index contributed by atoms with van der Waals surface area (Å²) in [6.07, 6.45) is 1.62. The number of aromatic nitrogens is 1. The molecule has 0 spiro atoms. The number of pyridine rings is 1. The number of methoxy groups -OCH3 is 1. The number of rotatable bonds is 6. The molecular weight excluding hydrogens is 242 g/mol. The van der Waals surface area contributed by atoms with Crippen molar-refractivity contribution in [3.63, 3.8) is 0 Å². The van der Waals surface area contributed by atoms with Crippen molar-refractivity contribution in [1.29, 1.82) is 0 Å². The van der Waals surface area contributed by atoms with Crippen LogP contribution in [0.15, 0.2) is 42.6 Å². The average Bonchev–Trinajstić information content (AvgIpc) is 2.46. The van der Waals surface area contributed by atoms with Gasteiger partial charge in [-0.2, -0.15) is 0 Å². The van der Waals surface area contributed by atoms with Crippen LogP contribution in [0.5, 0.6) is 11.5 Å². The molecule has 100 valence electrons. The lowest BCUT2D eigenvalue weighted by Crippen LogP contribution is -2.12. The summed E-state index contributed by atoms with van der Waals surface area (Å²) in [6, 6.07) is 11.1. The molecule has 0 aliphatic heterocycles. The summed E-state index contributed by atoms with van der Waals surface area (Å²) < 4.78 is 10.7. The Bertz CT molecular complexity index is 497. The van der Waals surface area contributed by atoms with Crippen LogP contribution in [0.3, 0.4) is 0 Å². The average molecular weight is 259 g/mol. The summed E-state index contributed by atoms with van der Waals surface area (Å²) >= 11 is 0. The molecule has 0 saturated heterocycles. The summed E-state index contributed by atoms with van der Waals surface area (Å²) in [5, 5.41) is 3.15. The molecule has 0 radical (unpaired) electrons. The highest BCUT2D eigenvalue weighted by Crippen LogP contribution is 2.16. The van der Waals surface area contributed by atoms with Crippen molar-refractivity contribution in [2.24, 2.45) is 0 Å². The first-order chi connectivity index (χ1) is 9.28. The lowest BCUT2D eigenvalue weighted by Gasteiger charge is -2.08. The molecule has 0 bridgehead atoms. The number of anilines is 2. The van der Waals surface area contributed by atoms with Gasteiger partial charge in [0.1, 0.15) is 23.9 Å². The Morgan fingerprint density at radius 2 is 1.84 bits per heavy atom. The van der Waals surface area contributed by atoms with Gasteiger partial charge in [-0.1, -0.05) is 0 Å². The van der Waals surface area contributed by atoms with Crippen LogP contribution in [-0.2, 0) is 0 Å². The van der Waals surface area contributed by atoms with E-state index in [1.165, 1.54) is 0 Å². The fourth-order valence-corrected chi connectivity index (χ4v) is 1.53. The Labute approximate surface area is 112 Å². The zero-order valence-corrected chi connectivity index (χ0v) is 10.8. The summed E-state index contributed by atoms with van der Waals surface area (Å²) in [7, 11) is 1.64. The molecule has 0 amide bonds. The third kappa shape index (κ3) is 4.06. The van der Waals surface area contributed by atoms with Crippen LogP contribution in [0.4, 0.5) is 11.5 Å². The number of ether oxygens (including phenoxy) is 2. The van der Waals surface area contributed by atoms with Gasteiger partial charge in [0.05, 0.1) is 25.5 Å². The van der Waals surface area contributed by atoms with E-state index in [-0.39, 0.29) is 0 Å². The second-order valence-electron chi connectivity index (χ2n) is 3.93. The van der Waals surface area contributed by atoms with Crippen LogP contribution in [0.2, 0.25) is 0 Å². The van der Waals surface area contributed by atoms with Gasteiger partial charge in [-0.25, -0.2) is 4.98 Å². The van der Waals surface area contributed by atoms with Crippen molar-refractivity contribution in [1.82, 2.24) is 4.98 Å². The Morgan fingerprint density at radius 3 is 2.47 bits per heavy atom. The van der Waals surface area contributed by atoms with E-state index < -0.39 is 0 Å². The quantitative estimate of drug-likeness (QED) is 0.778. The van der Waals surface area contributed by atoms with Crippen LogP contribution < -0.4 is 20.5 Å². The van der Waals surface area contributed by atoms with E-state index in [4.69, 9.17) is 15.2 Å². The number of nitrogen functional groups attached to an aromatic ring is 1.